The number of benzene rings is 1. The van der Waals surface area contributed by atoms with Crippen molar-refractivity contribution in [3.05, 3.63) is 47.9 Å². The summed E-state index contributed by atoms with van der Waals surface area (Å²) < 4.78 is 14.0. The van der Waals surface area contributed by atoms with Gasteiger partial charge in [0, 0.05) is 18.9 Å². The number of aliphatic hydroxyl groups is 1. The highest BCUT2D eigenvalue weighted by atomic mass is 16.5. The zero-order chi connectivity index (χ0) is 18.8. The first kappa shape index (κ1) is 17.7. The number of aromatic nitrogens is 5. The fraction of sp³-hybridized carbons (Fsp3) is 0.421. The van der Waals surface area contributed by atoms with Gasteiger partial charge in [-0.1, -0.05) is 11.3 Å². The number of fused-ring (bicyclic) bond motifs is 1. The second-order valence-electron chi connectivity index (χ2n) is 6.68. The maximum Gasteiger partial charge on any atom is 0.119 e. The molecule has 1 aliphatic rings. The molecule has 0 spiro atoms. The lowest BCUT2D eigenvalue weighted by Crippen LogP contribution is -2.31. The van der Waals surface area contributed by atoms with Gasteiger partial charge in [-0.25, -0.2) is 4.68 Å². The molecule has 8 nitrogen and oxygen atoms in total. The fourth-order valence-electron chi connectivity index (χ4n) is 3.54. The maximum absolute atomic E-state index is 10.7. The highest BCUT2D eigenvalue weighted by Crippen LogP contribution is 2.35. The third-order valence-corrected chi connectivity index (χ3v) is 4.99. The number of rotatable bonds is 6. The molecule has 4 rings (SSSR count). The van der Waals surface area contributed by atoms with E-state index in [4.69, 9.17) is 9.47 Å². The standard InChI is InChI=1S/C19H23N5O3/c1-26-8-7-23-11-14(10-20-23)17-12-24(22-21-17)19-16-9-15(27-2)5-3-13(16)4-6-18(19)25/h3,5,9-12,18-19,25H,4,6-8H2,1-2H3/t18-,19-/m0/s1. The predicted octanol–water partition coefficient (Wildman–Crippen LogP) is 1.69. The summed E-state index contributed by atoms with van der Waals surface area (Å²) in [5, 5.41) is 23.6. The van der Waals surface area contributed by atoms with E-state index in [1.807, 2.05) is 29.2 Å². The average Bonchev–Trinajstić information content (AvgIpc) is 3.35. The molecule has 1 aromatic carbocycles. The summed E-state index contributed by atoms with van der Waals surface area (Å²) in [5.74, 6) is 0.771. The van der Waals surface area contributed by atoms with E-state index in [-0.39, 0.29) is 6.04 Å². The van der Waals surface area contributed by atoms with E-state index >= 15 is 0 Å². The van der Waals surface area contributed by atoms with Gasteiger partial charge in [-0.2, -0.15) is 5.10 Å². The summed E-state index contributed by atoms with van der Waals surface area (Å²) in [6.45, 7) is 1.28. The van der Waals surface area contributed by atoms with Gasteiger partial charge in [0.25, 0.3) is 0 Å². The van der Waals surface area contributed by atoms with Crippen LogP contribution in [-0.2, 0) is 17.7 Å². The minimum absolute atomic E-state index is 0.284. The molecule has 27 heavy (non-hydrogen) atoms. The van der Waals surface area contributed by atoms with Crippen LogP contribution in [0.4, 0.5) is 0 Å². The number of hydrogen-bond acceptors (Lipinski definition) is 6. The van der Waals surface area contributed by atoms with Crippen LogP contribution in [0.3, 0.4) is 0 Å². The van der Waals surface area contributed by atoms with E-state index in [0.717, 1.165) is 29.0 Å². The highest BCUT2D eigenvalue weighted by Gasteiger charge is 2.31. The van der Waals surface area contributed by atoms with Crippen LogP contribution >= 0.6 is 0 Å². The lowest BCUT2D eigenvalue weighted by Gasteiger charge is -2.30. The number of methoxy groups -OCH3 is 2. The van der Waals surface area contributed by atoms with Crippen LogP contribution < -0.4 is 4.74 Å². The average molecular weight is 369 g/mol. The molecule has 2 aromatic heterocycles. The van der Waals surface area contributed by atoms with Gasteiger partial charge in [0.15, 0.2) is 0 Å². The third kappa shape index (κ3) is 3.45. The molecule has 1 N–H and O–H groups in total. The lowest BCUT2D eigenvalue weighted by atomic mass is 9.85. The van der Waals surface area contributed by atoms with Crippen molar-refractivity contribution < 1.29 is 14.6 Å². The van der Waals surface area contributed by atoms with Gasteiger partial charge in [0.05, 0.1) is 38.8 Å². The molecule has 0 bridgehead atoms. The third-order valence-electron chi connectivity index (χ3n) is 4.99. The van der Waals surface area contributed by atoms with Crippen molar-refractivity contribution in [3.8, 4) is 17.0 Å². The van der Waals surface area contributed by atoms with Crippen LogP contribution in [0.5, 0.6) is 5.75 Å². The number of ether oxygens (including phenoxy) is 2. The van der Waals surface area contributed by atoms with Crippen molar-refractivity contribution in [1.29, 1.82) is 0 Å². The Kier molecular flexibility index (Phi) is 4.91. The molecule has 3 aromatic rings. The van der Waals surface area contributed by atoms with Gasteiger partial charge >= 0.3 is 0 Å². The van der Waals surface area contributed by atoms with Crippen molar-refractivity contribution in [3.63, 3.8) is 0 Å². The van der Waals surface area contributed by atoms with Crippen molar-refractivity contribution in [2.24, 2.45) is 0 Å². The zero-order valence-corrected chi connectivity index (χ0v) is 15.4. The first-order valence-electron chi connectivity index (χ1n) is 8.98. The summed E-state index contributed by atoms with van der Waals surface area (Å²) in [6, 6.07) is 5.71. The normalized spacial score (nSPS) is 19.1. The molecule has 0 aliphatic heterocycles. The van der Waals surface area contributed by atoms with E-state index in [2.05, 4.69) is 21.5 Å². The van der Waals surface area contributed by atoms with Crippen molar-refractivity contribution in [2.75, 3.05) is 20.8 Å². The van der Waals surface area contributed by atoms with Crippen LogP contribution in [0, 0.1) is 0 Å². The van der Waals surface area contributed by atoms with E-state index < -0.39 is 6.10 Å². The van der Waals surface area contributed by atoms with Gasteiger partial charge in [0.2, 0.25) is 0 Å². The fourth-order valence-corrected chi connectivity index (χ4v) is 3.54. The Morgan fingerprint density at radius 2 is 2.15 bits per heavy atom. The summed E-state index contributed by atoms with van der Waals surface area (Å²) in [6.07, 6.45) is 6.54. The van der Waals surface area contributed by atoms with Crippen LogP contribution in [-0.4, -0.2) is 56.8 Å². The minimum Gasteiger partial charge on any atom is -0.497 e. The lowest BCUT2D eigenvalue weighted by molar-refractivity contribution is 0.107. The SMILES string of the molecule is COCCn1cc(-c2cn([C@H]3c4cc(OC)ccc4CC[C@@H]3O)nn2)cn1. The number of nitrogens with zero attached hydrogens (tertiary/aromatic N) is 5. The van der Waals surface area contributed by atoms with Crippen molar-refractivity contribution in [1.82, 2.24) is 24.8 Å². The Morgan fingerprint density at radius 3 is 2.96 bits per heavy atom. The van der Waals surface area contributed by atoms with Gasteiger partial charge in [-0.3, -0.25) is 4.68 Å². The first-order valence-corrected chi connectivity index (χ1v) is 8.98. The number of hydrogen-bond donors (Lipinski definition) is 1. The number of aryl methyl sites for hydroxylation is 1. The van der Waals surface area contributed by atoms with Crippen molar-refractivity contribution >= 4 is 0 Å². The molecule has 0 saturated carbocycles. The molecule has 0 unspecified atom stereocenters. The molecule has 2 atom stereocenters. The van der Waals surface area contributed by atoms with Gasteiger partial charge in [-0.15, -0.1) is 5.10 Å². The zero-order valence-electron chi connectivity index (χ0n) is 15.4. The quantitative estimate of drug-likeness (QED) is 0.712. The topological polar surface area (TPSA) is 87.2 Å². The van der Waals surface area contributed by atoms with Crippen LogP contribution in [0.2, 0.25) is 0 Å². The van der Waals surface area contributed by atoms with Gasteiger partial charge < -0.3 is 14.6 Å². The molecule has 1 aliphatic carbocycles. The first-order chi connectivity index (χ1) is 13.2. The predicted molar refractivity (Wildman–Crippen MR) is 98.6 cm³/mol. The van der Waals surface area contributed by atoms with Crippen LogP contribution in [0.25, 0.3) is 11.3 Å². The largest absolute Gasteiger partial charge is 0.497 e. The summed E-state index contributed by atoms with van der Waals surface area (Å²) >= 11 is 0. The summed E-state index contributed by atoms with van der Waals surface area (Å²) in [7, 11) is 3.31. The Hall–Kier alpha value is -2.71. The summed E-state index contributed by atoms with van der Waals surface area (Å²) in [4.78, 5) is 0. The Morgan fingerprint density at radius 1 is 1.26 bits per heavy atom. The molecule has 142 valence electrons. The highest BCUT2D eigenvalue weighted by molar-refractivity contribution is 5.55. The smallest absolute Gasteiger partial charge is 0.119 e. The van der Waals surface area contributed by atoms with E-state index in [9.17, 15) is 5.11 Å². The second kappa shape index (κ2) is 7.50. The van der Waals surface area contributed by atoms with Crippen LogP contribution in [0.15, 0.2) is 36.8 Å². The summed E-state index contributed by atoms with van der Waals surface area (Å²) in [5.41, 5.74) is 3.84. The van der Waals surface area contributed by atoms with E-state index in [1.165, 1.54) is 5.56 Å². The molecule has 0 fully saturated rings. The van der Waals surface area contributed by atoms with Crippen LogP contribution in [0.1, 0.15) is 23.6 Å². The molecule has 8 heteroatoms. The molecule has 0 amide bonds. The van der Waals surface area contributed by atoms with Gasteiger partial charge in [0.1, 0.15) is 17.5 Å². The molecule has 2 heterocycles. The van der Waals surface area contributed by atoms with Gasteiger partial charge in [-0.05, 0) is 36.1 Å². The van der Waals surface area contributed by atoms with E-state index in [0.29, 0.717) is 19.6 Å². The molecule has 0 radical (unpaired) electrons. The Bertz CT molecular complexity index is 920. The molecular formula is C19H23N5O3. The second-order valence-corrected chi connectivity index (χ2v) is 6.68. The number of aliphatic hydroxyl groups excluding tert-OH is 1. The monoisotopic (exact) mass is 369 g/mol. The Balaban J connectivity index is 1.64. The Labute approximate surface area is 157 Å². The van der Waals surface area contributed by atoms with Crippen molar-refractivity contribution in [2.45, 2.75) is 31.5 Å². The van der Waals surface area contributed by atoms with E-state index in [1.54, 1.807) is 25.1 Å². The maximum atomic E-state index is 10.7. The minimum atomic E-state index is -0.524. The molecular weight excluding hydrogens is 346 g/mol. The molecule has 0 saturated heterocycles.